The summed E-state index contributed by atoms with van der Waals surface area (Å²) in [5.74, 6) is -3.73. The lowest BCUT2D eigenvalue weighted by atomic mass is 10.1. The van der Waals surface area contributed by atoms with Crippen LogP contribution in [0.15, 0.2) is 35.7 Å². The molecule has 13 heteroatoms. The van der Waals surface area contributed by atoms with Gasteiger partial charge < -0.3 is 20.2 Å². The van der Waals surface area contributed by atoms with Crippen molar-refractivity contribution >= 4 is 23.5 Å². The molecule has 4 rings (SSSR count). The summed E-state index contributed by atoms with van der Waals surface area (Å²) in [5.41, 5.74) is 6.83. The zero-order valence-electron chi connectivity index (χ0n) is 18.7. The highest BCUT2D eigenvalue weighted by molar-refractivity contribution is 5.98. The van der Waals surface area contributed by atoms with Crippen LogP contribution in [0.5, 0.6) is 0 Å². The molecular formula is C22H24F3N7O3. The maximum absolute atomic E-state index is 14.9. The highest BCUT2D eigenvalue weighted by atomic mass is 19.3. The predicted octanol–water partition coefficient (Wildman–Crippen LogP) is 1.80. The van der Waals surface area contributed by atoms with Crippen LogP contribution in [0.25, 0.3) is 11.1 Å². The van der Waals surface area contributed by atoms with Crippen molar-refractivity contribution in [2.45, 2.75) is 19.0 Å². The van der Waals surface area contributed by atoms with Gasteiger partial charge in [-0.15, -0.1) is 0 Å². The minimum atomic E-state index is -2.59. The zero-order chi connectivity index (χ0) is 25.0. The third kappa shape index (κ3) is 6.23. The SMILES string of the molecule is N=C(N)CC(=O)OCc1cccc(-c2cnc(N3CC(=NOCCN4CC(F)(F)C4)C3)nc2)c1F. The van der Waals surface area contributed by atoms with E-state index in [0.717, 1.165) is 5.71 Å². The number of ether oxygens (including phenoxy) is 1. The summed E-state index contributed by atoms with van der Waals surface area (Å²) in [6, 6.07) is 4.70. The number of alkyl halides is 2. The molecule has 2 aliphatic rings. The molecule has 0 bridgehead atoms. The fourth-order valence-electron chi connectivity index (χ4n) is 3.57. The second-order valence-electron chi connectivity index (χ2n) is 8.33. The van der Waals surface area contributed by atoms with Crippen LogP contribution in [0, 0.1) is 11.2 Å². The van der Waals surface area contributed by atoms with Gasteiger partial charge >= 0.3 is 5.97 Å². The quantitative estimate of drug-likeness (QED) is 0.169. The minimum absolute atomic E-state index is 0.176. The number of rotatable bonds is 10. The van der Waals surface area contributed by atoms with Crippen molar-refractivity contribution < 1.29 is 27.5 Å². The molecule has 0 unspecified atom stereocenters. The number of likely N-dealkylation sites (tertiary alicyclic amines) is 1. The van der Waals surface area contributed by atoms with Crippen LogP contribution in [-0.2, 0) is 21.0 Å². The average Bonchev–Trinajstić information content (AvgIpc) is 2.75. The largest absolute Gasteiger partial charge is 0.460 e. The second-order valence-corrected chi connectivity index (χ2v) is 8.33. The number of aromatic nitrogens is 2. The molecule has 0 saturated carbocycles. The molecule has 0 aliphatic carbocycles. The third-order valence-corrected chi connectivity index (χ3v) is 5.38. The molecule has 186 valence electrons. The Morgan fingerprint density at radius 2 is 1.94 bits per heavy atom. The van der Waals surface area contributed by atoms with Crippen LogP contribution >= 0.6 is 0 Å². The zero-order valence-corrected chi connectivity index (χ0v) is 18.7. The lowest BCUT2D eigenvalue weighted by Crippen LogP contribution is -2.56. The molecule has 1 aromatic carbocycles. The first-order valence-corrected chi connectivity index (χ1v) is 10.8. The standard InChI is InChI=1S/C22H24F3N7O3/c23-20-14(11-34-19(33)6-18(26)27)2-1-3-17(20)15-7-28-21(29-8-15)32-9-16(10-32)30-35-5-4-31-12-22(24,25)13-31/h1-3,7-8H,4-6,9-13H2,(H3,26,27). The van der Waals surface area contributed by atoms with Crippen LogP contribution in [0.4, 0.5) is 19.1 Å². The monoisotopic (exact) mass is 491 g/mol. The molecule has 1 aromatic heterocycles. The number of carbonyl (C=O) groups is 1. The first kappa shape index (κ1) is 24.4. The van der Waals surface area contributed by atoms with Crippen LogP contribution in [0.1, 0.15) is 12.0 Å². The summed E-state index contributed by atoms with van der Waals surface area (Å²) in [7, 11) is 0. The Morgan fingerprint density at radius 1 is 1.23 bits per heavy atom. The number of carbonyl (C=O) groups excluding carboxylic acids is 1. The molecule has 2 saturated heterocycles. The van der Waals surface area contributed by atoms with Crippen LogP contribution < -0.4 is 10.6 Å². The summed E-state index contributed by atoms with van der Waals surface area (Å²) in [5, 5.41) is 11.1. The van der Waals surface area contributed by atoms with Gasteiger partial charge in [0.25, 0.3) is 5.92 Å². The number of nitrogens with two attached hydrogens (primary N) is 1. The van der Waals surface area contributed by atoms with Crippen LogP contribution in [0.3, 0.4) is 0 Å². The highest BCUT2D eigenvalue weighted by Crippen LogP contribution is 2.27. The van der Waals surface area contributed by atoms with Gasteiger partial charge in [0.15, 0.2) is 0 Å². The molecule has 3 N–H and O–H groups in total. The van der Waals surface area contributed by atoms with Gasteiger partial charge in [-0.05, 0) is 0 Å². The van der Waals surface area contributed by atoms with Gasteiger partial charge in [0.1, 0.15) is 31.3 Å². The number of esters is 1. The number of hydrogen-bond donors (Lipinski definition) is 2. The minimum Gasteiger partial charge on any atom is -0.460 e. The molecule has 0 atom stereocenters. The lowest BCUT2D eigenvalue weighted by molar-refractivity contribution is -0.143. The van der Waals surface area contributed by atoms with Crippen molar-refractivity contribution in [1.29, 1.82) is 5.41 Å². The maximum atomic E-state index is 14.9. The molecule has 2 aliphatic heterocycles. The average molecular weight is 491 g/mol. The molecule has 2 fully saturated rings. The summed E-state index contributed by atoms with van der Waals surface area (Å²) in [6.45, 7) is 0.818. The van der Waals surface area contributed by atoms with E-state index in [1.165, 1.54) is 18.5 Å². The van der Waals surface area contributed by atoms with E-state index in [9.17, 15) is 18.0 Å². The Bertz CT molecular complexity index is 1110. The predicted molar refractivity (Wildman–Crippen MR) is 121 cm³/mol. The van der Waals surface area contributed by atoms with E-state index < -0.39 is 17.7 Å². The molecule has 10 nitrogen and oxygen atoms in total. The lowest BCUT2D eigenvalue weighted by Gasteiger charge is -2.38. The van der Waals surface area contributed by atoms with Crippen LogP contribution in [0.2, 0.25) is 0 Å². The normalized spacial score (nSPS) is 16.8. The van der Waals surface area contributed by atoms with E-state index in [0.29, 0.717) is 31.1 Å². The number of benzene rings is 1. The number of halogens is 3. The Kier molecular flexibility index (Phi) is 7.15. The van der Waals surface area contributed by atoms with Crippen LogP contribution in [-0.4, -0.2) is 77.6 Å². The van der Waals surface area contributed by atoms with Crippen molar-refractivity contribution in [3.05, 3.63) is 42.0 Å². The summed E-state index contributed by atoms with van der Waals surface area (Å²) in [6.07, 6.45) is 2.65. The van der Waals surface area contributed by atoms with E-state index in [-0.39, 0.29) is 49.7 Å². The third-order valence-electron chi connectivity index (χ3n) is 5.38. The summed E-state index contributed by atoms with van der Waals surface area (Å²) >= 11 is 0. The summed E-state index contributed by atoms with van der Waals surface area (Å²) < 4.78 is 45.4. The molecule has 35 heavy (non-hydrogen) atoms. The van der Waals surface area contributed by atoms with E-state index >= 15 is 0 Å². The Labute approximate surface area is 199 Å². The first-order valence-electron chi connectivity index (χ1n) is 10.8. The number of amidine groups is 1. The fraction of sp³-hybridized carbons (Fsp3) is 0.409. The van der Waals surface area contributed by atoms with E-state index in [1.54, 1.807) is 17.0 Å². The fourth-order valence-corrected chi connectivity index (χ4v) is 3.57. The van der Waals surface area contributed by atoms with Gasteiger partial charge in [-0.1, -0.05) is 23.4 Å². The molecule has 0 spiro atoms. The van der Waals surface area contributed by atoms with E-state index in [1.807, 2.05) is 4.90 Å². The smallest absolute Gasteiger partial charge is 0.313 e. The Hall–Kier alpha value is -3.74. The van der Waals surface area contributed by atoms with Gasteiger partial charge in [-0.2, -0.15) is 0 Å². The number of nitrogens with zero attached hydrogens (tertiary/aromatic N) is 5. The van der Waals surface area contributed by atoms with Gasteiger partial charge in [0.2, 0.25) is 5.95 Å². The van der Waals surface area contributed by atoms with Crippen molar-refractivity contribution in [3.8, 4) is 11.1 Å². The Balaban J connectivity index is 1.26. The first-order chi connectivity index (χ1) is 16.7. The number of nitrogens with one attached hydrogen (secondary N) is 1. The molecular weight excluding hydrogens is 467 g/mol. The molecule has 0 amide bonds. The molecule has 2 aromatic rings. The van der Waals surface area contributed by atoms with Gasteiger partial charge in [0, 0.05) is 35.6 Å². The molecule has 3 heterocycles. The Morgan fingerprint density at radius 3 is 2.60 bits per heavy atom. The van der Waals surface area contributed by atoms with Gasteiger partial charge in [-0.3, -0.25) is 15.1 Å². The molecule has 0 radical (unpaired) electrons. The number of anilines is 1. The van der Waals surface area contributed by atoms with Gasteiger partial charge in [0.05, 0.1) is 31.9 Å². The topological polar surface area (TPSA) is 130 Å². The van der Waals surface area contributed by atoms with Crippen molar-refractivity contribution in [2.75, 3.05) is 44.2 Å². The van der Waals surface area contributed by atoms with E-state index in [2.05, 4.69) is 15.1 Å². The second kappa shape index (κ2) is 10.3. The van der Waals surface area contributed by atoms with Crippen molar-refractivity contribution in [2.24, 2.45) is 10.9 Å². The van der Waals surface area contributed by atoms with E-state index in [4.69, 9.17) is 20.7 Å². The van der Waals surface area contributed by atoms with Crippen molar-refractivity contribution in [1.82, 2.24) is 14.9 Å². The maximum Gasteiger partial charge on any atom is 0.313 e. The van der Waals surface area contributed by atoms with Crippen molar-refractivity contribution in [3.63, 3.8) is 0 Å². The highest BCUT2D eigenvalue weighted by Gasteiger charge is 2.43. The number of oxime groups is 1. The van der Waals surface area contributed by atoms with Gasteiger partial charge in [-0.25, -0.2) is 23.1 Å². The summed E-state index contributed by atoms with van der Waals surface area (Å²) in [4.78, 5) is 28.8. The number of hydrogen-bond acceptors (Lipinski definition) is 9.